The van der Waals surface area contributed by atoms with Gasteiger partial charge in [0.1, 0.15) is 17.4 Å². The van der Waals surface area contributed by atoms with Gasteiger partial charge >= 0.3 is 5.97 Å². The Balaban J connectivity index is 1.77. The highest BCUT2D eigenvalue weighted by atomic mass is 32.1. The second kappa shape index (κ2) is 8.70. The van der Waals surface area contributed by atoms with Crippen LogP contribution in [-0.2, 0) is 9.53 Å². The minimum absolute atomic E-state index is 0.00794. The van der Waals surface area contributed by atoms with E-state index in [1.165, 1.54) is 16.7 Å². The van der Waals surface area contributed by atoms with Crippen LogP contribution in [0.1, 0.15) is 64.1 Å². The monoisotopic (exact) mass is 405 g/mol. The number of thiophene rings is 1. The van der Waals surface area contributed by atoms with Gasteiger partial charge in [0.15, 0.2) is 12.3 Å². The molecule has 0 saturated carbocycles. The summed E-state index contributed by atoms with van der Waals surface area (Å²) in [6.07, 6.45) is 2.11. The van der Waals surface area contributed by atoms with Gasteiger partial charge in [-0.05, 0) is 32.2 Å². The second-order valence-corrected chi connectivity index (χ2v) is 7.84. The van der Waals surface area contributed by atoms with E-state index in [2.05, 4.69) is 11.4 Å². The first kappa shape index (κ1) is 20.3. The number of carbonyl (C=O) groups is 3. The van der Waals surface area contributed by atoms with E-state index in [1.807, 2.05) is 11.4 Å². The molecule has 1 aliphatic heterocycles. The highest BCUT2D eigenvalue weighted by Gasteiger charge is 2.34. The first-order valence-corrected chi connectivity index (χ1v) is 10.3. The molecule has 0 spiro atoms. The molecule has 8 heteroatoms. The number of hydrogen-bond donors (Lipinski definition) is 2. The molecule has 2 N–H and O–H groups in total. The lowest BCUT2D eigenvalue weighted by Gasteiger charge is -2.19. The zero-order valence-electron chi connectivity index (χ0n) is 16.3. The minimum Gasteiger partial charge on any atom is -0.462 e. The number of nitrogens with one attached hydrogen (secondary N) is 2. The molecule has 0 aliphatic carbocycles. The van der Waals surface area contributed by atoms with Crippen LogP contribution < -0.4 is 10.2 Å². The van der Waals surface area contributed by atoms with Gasteiger partial charge in [0.05, 0.1) is 23.6 Å². The molecule has 3 heterocycles. The number of ketones is 1. The molecule has 1 unspecified atom stereocenters. The predicted molar refractivity (Wildman–Crippen MR) is 105 cm³/mol. The van der Waals surface area contributed by atoms with Crippen molar-refractivity contribution in [1.29, 1.82) is 0 Å². The number of aryl methyl sites for hydroxylation is 1. The molecule has 2 aromatic heterocycles. The normalized spacial score (nSPS) is 18.8. The Bertz CT molecular complexity index is 872. The topological polar surface area (TPSA) is 90.0 Å². The van der Waals surface area contributed by atoms with Crippen molar-refractivity contribution >= 4 is 34.9 Å². The van der Waals surface area contributed by atoms with Gasteiger partial charge in [-0.15, -0.1) is 11.3 Å². The number of Topliss-reactive ketones (excluding diaryl/α,β-unsaturated/α-hetero) is 1. The predicted octanol–water partition coefficient (Wildman–Crippen LogP) is 2.39. The van der Waals surface area contributed by atoms with Crippen molar-refractivity contribution in [2.24, 2.45) is 0 Å². The van der Waals surface area contributed by atoms with Crippen LogP contribution in [0, 0.1) is 6.92 Å². The Hall–Kier alpha value is -2.45. The quantitative estimate of drug-likeness (QED) is 0.545. The third-order valence-corrected chi connectivity index (χ3v) is 5.91. The first-order chi connectivity index (χ1) is 13.4. The Morgan fingerprint density at radius 1 is 1.36 bits per heavy atom. The Morgan fingerprint density at radius 2 is 2.14 bits per heavy atom. The van der Waals surface area contributed by atoms with E-state index in [9.17, 15) is 14.4 Å². The van der Waals surface area contributed by atoms with Crippen LogP contribution in [-0.4, -0.2) is 37.4 Å². The largest absolute Gasteiger partial charge is 0.462 e. The summed E-state index contributed by atoms with van der Waals surface area (Å²) in [5.41, 5.74) is 0.144. The van der Waals surface area contributed by atoms with E-state index in [0.717, 1.165) is 19.4 Å². The number of hydrogen-bond acceptors (Lipinski definition) is 6. The maximum Gasteiger partial charge on any atom is 0.344 e. The van der Waals surface area contributed by atoms with E-state index >= 15 is 0 Å². The fourth-order valence-corrected chi connectivity index (χ4v) is 4.71. The van der Waals surface area contributed by atoms with Crippen molar-refractivity contribution in [3.05, 3.63) is 39.3 Å². The van der Waals surface area contributed by atoms with Gasteiger partial charge in [0.2, 0.25) is 5.88 Å². The number of esters is 1. The maximum absolute atomic E-state index is 12.7. The minimum atomic E-state index is -0.676. The fourth-order valence-electron chi connectivity index (χ4n) is 3.79. The lowest BCUT2D eigenvalue weighted by atomic mass is 10.1. The number of carbonyl (C=O) groups excluding carboxylic acids is 3. The van der Waals surface area contributed by atoms with Gasteiger partial charge in [-0.1, -0.05) is 6.07 Å². The molecule has 1 saturated heterocycles. The number of likely N-dealkylation sites (tertiary alicyclic amines) is 1. The van der Waals surface area contributed by atoms with Crippen LogP contribution in [0.3, 0.4) is 0 Å². The summed E-state index contributed by atoms with van der Waals surface area (Å²) in [5.74, 6) is -0.973. The van der Waals surface area contributed by atoms with Gasteiger partial charge in [0, 0.05) is 12.8 Å². The van der Waals surface area contributed by atoms with Crippen LogP contribution in [0.5, 0.6) is 0 Å². The van der Waals surface area contributed by atoms with Gasteiger partial charge in [-0.25, -0.2) is 4.79 Å². The van der Waals surface area contributed by atoms with Crippen LogP contribution in [0.15, 0.2) is 21.9 Å². The van der Waals surface area contributed by atoms with Crippen molar-refractivity contribution < 1.29 is 28.4 Å². The van der Waals surface area contributed by atoms with Crippen LogP contribution >= 0.6 is 11.3 Å². The SMILES string of the molecule is CCOC(=O)c1c(NC(=O)C[NH+]2CCC[C@@H]2c2cccs2)oc(C)c1C(C)=O. The van der Waals surface area contributed by atoms with Gasteiger partial charge in [-0.2, -0.15) is 0 Å². The van der Waals surface area contributed by atoms with E-state index in [-0.39, 0.29) is 47.6 Å². The van der Waals surface area contributed by atoms with Crippen molar-refractivity contribution in [3.8, 4) is 0 Å². The number of ether oxygens (including phenoxy) is 1. The molecule has 7 nitrogen and oxygen atoms in total. The molecule has 0 radical (unpaired) electrons. The summed E-state index contributed by atoms with van der Waals surface area (Å²) in [6, 6.07) is 4.43. The Labute approximate surface area is 167 Å². The third kappa shape index (κ3) is 4.18. The molecule has 1 aliphatic rings. The molecular weight excluding hydrogens is 380 g/mol. The summed E-state index contributed by atoms with van der Waals surface area (Å²) >= 11 is 1.71. The molecular formula is C20H25N2O5S+. The Morgan fingerprint density at radius 3 is 2.79 bits per heavy atom. The maximum atomic E-state index is 12.7. The second-order valence-electron chi connectivity index (χ2n) is 6.86. The number of anilines is 1. The zero-order chi connectivity index (χ0) is 20.3. The van der Waals surface area contributed by atoms with Crippen molar-refractivity contribution in [1.82, 2.24) is 0 Å². The third-order valence-electron chi connectivity index (χ3n) is 4.93. The Kier molecular flexibility index (Phi) is 6.31. The lowest BCUT2D eigenvalue weighted by Crippen LogP contribution is -3.11. The van der Waals surface area contributed by atoms with Crippen LogP contribution in [0.4, 0.5) is 5.88 Å². The number of amides is 1. The summed E-state index contributed by atoms with van der Waals surface area (Å²) in [6.45, 7) is 5.96. The smallest absolute Gasteiger partial charge is 0.344 e. The summed E-state index contributed by atoms with van der Waals surface area (Å²) in [4.78, 5) is 39.5. The zero-order valence-corrected chi connectivity index (χ0v) is 17.1. The molecule has 150 valence electrons. The highest BCUT2D eigenvalue weighted by molar-refractivity contribution is 7.10. The van der Waals surface area contributed by atoms with Gasteiger partial charge in [0.25, 0.3) is 5.91 Å². The van der Waals surface area contributed by atoms with Crippen molar-refractivity contribution in [2.75, 3.05) is 25.0 Å². The number of rotatable bonds is 7. The molecule has 2 aromatic rings. The fraction of sp³-hybridized carbons (Fsp3) is 0.450. The average Bonchev–Trinajstić information content (AvgIpc) is 3.34. The molecule has 1 amide bonds. The standard InChI is InChI=1S/C20H24N2O5S/c1-4-26-20(25)18-17(12(2)23)13(3)27-19(18)21-16(24)11-22-9-5-7-14(22)15-8-6-10-28-15/h6,8,10,14H,4-5,7,9,11H2,1-3H3,(H,21,24)/p+1/t14-/m1/s1. The van der Waals surface area contributed by atoms with E-state index in [0.29, 0.717) is 6.04 Å². The molecule has 0 bridgehead atoms. The number of furan rings is 1. The van der Waals surface area contributed by atoms with Gasteiger partial charge < -0.3 is 14.1 Å². The van der Waals surface area contributed by atoms with E-state index < -0.39 is 5.97 Å². The molecule has 28 heavy (non-hydrogen) atoms. The summed E-state index contributed by atoms with van der Waals surface area (Å²) in [7, 11) is 0. The number of quaternary nitrogens is 1. The molecule has 2 atom stereocenters. The summed E-state index contributed by atoms with van der Waals surface area (Å²) in [5, 5.41) is 4.73. The first-order valence-electron chi connectivity index (χ1n) is 9.41. The van der Waals surface area contributed by atoms with Crippen LogP contribution in [0.25, 0.3) is 0 Å². The van der Waals surface area contributed by atoms with Gasteiger partial charge in [-0.3, -0.25) is 14.9 Å². The van der Waals surface area contributed by atoms with E-state index in [1.54, 1.807) is 25.2 Å². The molecule has 1 fully saturated rings. The summed E-state index contributed by atoms with van der Waals surface area (Å²) < 4.78 is 10.6. The average molecular weight is 405 g/mol. The lowest BCUT2D eigenvalue weighted by molar-refractivity contribution is -0.910. The van der Waals surface area contributed by atoms with E-state index in [4.69, 9.17) is 9.15 Å². The molecule has 0 aromatic carbocycles. The molecule has 3 rings (SSSR count). The van der Waals surface area contributed by atoms with Crippen LogP contribution in [0.2, 0.25) is 0 Å². The highest BCUT2D eigenvalue weighted by Crippen LogP contribution is 2.28. The van der Waals surface area contributed by atoms with Crippen molar-refractivity contribution in [3.63, 3.8) is 0 Å². The van der Waals surface area contributed by atoms with Crippen molar-refractivity contribution in [2.45, 2.75) is 39.7 Å².